The first kappa shape index (κ1) is 19.1. The molecule has 0 amide bonds. The summed E-state index contributed by atoms with van der Waals surface area (Å²) < 4.78 is 38.5. The molecule has 0 saturated carbocycles. The highest BCUT2D eigenvalue weighted by atomic mass is 32.2. The van der Waals surface area contributed by atoms with E-state index in [0.717, 1.165) is 5.56 Å². The number of hydrogen-bond acceptors (Lipinski definition) is 6. The van der Waals surface area contributed by atoms with E-state index in [4.69, 9.17) is 9.26 Å². The van der Waals surface area contributed by atoms with Crippen LogP contribution < -0.4 is 9.46 Å². The van der Waals surface area contributed by atoms with E-state index in [2.05, 4.69) is 14.9 Å². The number of rotatable bonds is 7. The lowest BCUT2D eigenvalue weighted by molar-refractivity contribution is 0.383. The van der Waals surface area contributed by atoms with Crippen LogP contribution in [-0.4, -0.2) is 25.7 Å². The monoisotopic (exact) mass is 387 g/mol. The lowest BCUT2D eigenvalue weighted by Gasteiger charge is -2.11. The van der Waals surface area contributed by atoms with Crippen LogP contribution >= 0.6 is 0 Å². The lowest BCUT2D eigenvalue weighted by atomic mass is 10.1. The Morgan fingerprint density at radius 3 is 2.70 bits per heavy atom. The van der Waals surface area contributed by atoms with Crippen molar-refractivity contribution in [3.63, 3.8) is 0 Å². The van der Waals surface area contributed by atoms with Crippen LogP contribution in [0.4, 0.5) is 0 Å². The van der Waals surface area contributed by atoms with Crippen LogP contribution in [0.25, 0.3) is 11.4 Å². The van der Waals surface area contributed by atoms with E-state index in [0.29, 0.717) is 35.0 Å². The van der Waals surface area contributed by atoms with Gasteiger partial charge in [-0.3, -0.25) is 0 Å². The summed E-state index contributed by atoms with van der Waals surface area (Å²) in [5.74, 6) is 1.55. The number of ether oxygens (including phenoxy) is 1. The molecule has 0 atom stereocenters. The molecule has 27 heavy (non-hydrogen) atoms. The van der Waals surface area contributed by atoms with Crippen LogP contribution in [0.5, 0.6) is 5.75 Å². The molecule has 3 aromatic rings. The smallest absolute Gasteiger partial charge is 0.241 e. The summed E-state index contributed by atoms with van der Waals surface area (Å²) >= 11 is 0. The number of benzene rings is 2. The molecular weight excluding hydrogens is 366 g/mol. The van der Waals surface area contributed by atoms with Gasteiger partial charge in [-0.2, -0.15) is 4.98 Å². The predicted molar refractivity (Wildman–Crippen MR) is 101 cm³/mol. The van der Waals surface area contributed by atoms with Gasteiger partial charge in [-0.25, -0.2) is 13.1 Å². The topological polar surface area (TPSA) is 94.3 Å². The highest BCUT2D eigenvalue weighted by molar-refractivity contribution is 7.89. The van der Waals surface area contributed by atoms with Gasteiger partial charge in [-0.05, 0) is 36.2 Å². The van der Waals surface area contributed by atoms with Gasteiger partial charge < -0.3 is 9.26 Å². The molecule has 142 valence electrons. The number of nitrogens with one attached hydrogen (secondary N) is 1. The summed E-state index contributed by atoms with van der Waals surface area (Å²) in [6.45, 7) is 3.81. The molecular formula is C19H21N3O4S. The number of aromatic nitrogens is 2. The van der Waals surface area contributed by atoms with E-state index in [-0.39, 0.29) is 11.4 Å². The second-order valence-electron chi connectivity index (χ2n) is 6.02. The highest BCUT2D eigenvalue weighted by Gasteiger charge is 2.19. The largest absolute Gasteiger partial charge is 0.497 e. The average molecular weight is 387 g/mol. The van der Waals surface area contributed by atoms with Crippen molar-refractivity contribution in [2.75, 3.05) is 7.11 Å². The lowest BCUT2D eigenvalue weighted by Crippen LogP contribution is -2.24. The highest BCUT2D eigenvalue weighted by Crippen LogP contribution is 2.24. The van der Waals surface area contributed by atoms with Gasteiger partial charge in [0.05, 0.1) is 12.0 Å². The van der Waals surface area contributed by atoms with Crippen molar-refractivity contribution in [2.45, 2.75) is 31.7 Å². The van der Waals surface area contributed by atoms with Crippen molar-refractivity contribution >= 4 is 10.0 Å². The second-order valence-corrected chi connectivity index (χ2v) is 7.76. The van der Waals surface area contributed by atoms with E-state index < -0.39 is 10.0 Å². The molecule has 2 aromatic carbocycles. The Balaban J connectivity index is 1.85. The Labute approximate surface area is 158 Å². The number of sulfonamides is 1. The molecule has 0 spiro atoms. The quantitative estimate of drug-likeness (QED) is 0.669. The Hall–Kier alpha value is -2.71. The Morgan fingerprint density at radius 2 is 2.00 bits per heavy atom. The van der Waals surface area contributed by atoms with E-state index in [1.54, 1.807) is 44.4 Å². The number of methoxy groups -OCH3 is 1. The summed E-state index contributed by atoms with van der Waals surface area (Å²) in [6.07, 6.45) is 0.617. The van der Waals surface area contributed by atoms with Crippen molar-refractivity contribution < 1.29 is 17.7 Å². The summed E-state index contributed by atoms with van der Waals surface area (Å²) in [7, 11) is -2.15. The molecule has 0 saturated heterocycles. The van der Waals surface area contributed by atoms with Gasteiger partial charge in [0.15, 0.2) is 0 Å². The normalized spacial score (nSPS) is 11.5. The van der Waals surface area contributed by atoms with Crippen LogP contribution in [0, 0.1) is 6.92 Å². The van der Waals surface area contributed by atoms with E-state index in [9.17, 15) is 8.42 Å². The summed E-state index contributed by atoms with van der Waals surface area (Å²) in [4.78, 5) is 4.44. The van der Waals surface area contributed by atoms with Gasteiger partial charge in [0, 0.05) is 18.5 Å². The first-order valence-corrected chi connectivity index (χ1v) is 9.97. The fourth-order valence-corrected chi connectivity index (χ4v) is 3.87. The average Bonchev–Trinajstić information content (AvgIpc) is 3.16. The molecule has 3 rings (SSSR count). The van der Waals surface area contributed by atoms with Gasteiger partial charge in [0.2, 0.25) is 21.7 Å². The van der Waals surface area contributed by atoms with Crippen LogP contribution in [-0.2, 0) is 23.0 Å². The summed E-state index contributed by atoms with van der Waals surface area (Å²) in [6, 6.07) is 12.3. The van der Waals surface area contributed by atoms with E-state index in [1.165, 1.54) is 0 Å². The number of hydrogen-bond donors (Lipinski definition) is 1. The standard InChI is InChI=1S/C19H21N3O4S/c1-4-18-21-19(22-26-18)15-9-8-13(2)17(11-15)27(23,24)20-12-14-6-5-7-16(10-14)25-3/h5-11,20H,4,12H2,1-3H3. The molecule has 0 aliphatic heterocycles. The summed E-state index contributed by atoms with van der Waals surface area (Å²) in [5, 5.41) is 3.91. The molecule has 0 radical (unpaired) electrons. The maximum absolute atomic E-state index is 12.8. The third-order valence-electron chi connectivity index (χ3n) is 4.11. The molecule has 0 aliphatic rings. The number of aryl methyl sites for hydroxylation is 2. The minimum Gasteiger partial charge on any atom is -0.497 e. The molecule has 7 nitrogen and oxygen atoms in total. The Kier molecular flexibility index (Phi) is 5.57. The van der Waals surface area contributed by atoms with Gasteiger partial charge in [0.25, 0.3) is 0 Å². The van der Waals surface area contributed by atoms with Crippen LogP contribution in [0.3, 0.4) is 0 Å². The van der Waals surface area contributed by atoms with Gasteiger partial charge >= 0.3 is 0 Å². The minimum atomic E-state index is -3.71. The SMILES string of the molecule is CCc1nc(-c2ccc(C)c(S(=O)(=O)NCc3cccc(OC)c3)c2)no1. The zero-order valence-electron chi connectivity index (χ0n) is 15.4. The van der Waals surface area contributed by atoms with Crippen molar-refractivity contribution in [2.24, 2.45) is 0 Å². The fraction of sp³-hybridized carbons (Fsp3) is 0.263. The van der Waals surface area contributed by atoms with Crippen molar-refractivity contribution in [1.29, 1.82) is 0 Å². The van der Waals surface area contributed by atoms with E-state index in [1.807, 2.05) is 19.1 Å². The van der Waals surface area contributed by atoms with Crippen molar-refractivity contribution in [3.8, 4) is 17.1 Å². The molecule has 8 heteroatoms. The van der Waals surface area contributed by atoms with Crippen LogP contribution in [0.2, 0.25) is 0 Å². The van der Waals surface area contributed by atoms with Gasteiger partial charge in [0.1, 0.15) is 5.75 Å². The third kappa shape index (κ3) is 4.35. The molecule has 0 fully saturated rings. The van der Waals surface area contributed by atoms with E-state index >= 15 is 0 Å². The van der Waals surface area contributed by atoms with Gasteiger partial charge in [-0.15, -0.1) is 0 Å². The minimum absolute atomic E-state index is 0.158. The van der Waals surface area contributed by atoms with Crippen molar-refractivity contribution in [1.82, 2.24) is 14.9 Å². The van der Waals surface area contributed by atoms with Crippen LogP contribution in [0.15, 0.2) is 51.9 Å². The molecule has 0 aliphatic carbocycles. The molecule has 1 N–H and O–H groups in total. The fourth-order valence-electron chi connectivity index (χ4n) is 2.58. The summed E-state index contributed by atoms with van der Waals surface area (Å²) in [5.41, 5.74) is 2.03. The molecule has 1 aromatic heterocycles. The maximum atomic E-state index is 12.8. The van der Waals surface area contributed by atoms with Crippen LogP contribution in [0.1, 0.15) is 23.9 Å². The maximum Gasteiger partial charge on any atom is 0.241 e. The van der Waals surface area contributed by atoms with Crippen molar-refractivity contribution in [3.05, 3.63) is 59.5 Å². The second kappa shape index (κ2) is 7.89. The Morgan fingerprint density at radius 1 is 1.19 bits per heavy atom. The van der Waals surface area contributed by atoms with Gasteiger partial charge in [-0.1, -0.05) is 36.3 Å². The Bertz CT molecular complexity index is 1040. The predicted octanol–water partition coefficient (Wildman–Crippen LogP) is 3.09. The zero-order chi connectivity index (χ0) is 19.4. The molecule has 0 bridgehead atoms. The first-order valence-electron chi connectivity index (χ1n) is 8.49. The molecule has 0 unspecified atom stereocenters. The first-order chi connectivity index (χ1) is 12.9. The third-order valence-corrected chi connectivity index (χ3v) is 5.65. The molecule has 1 heterocycles. The number of nitrogens with zero attached hydrogens (tertiary/aromatic N) is 2. The zero-order valence-corrected chi connectivity index (χ0v) is 16.2.